The number of nitriles is 2. The van der Waals surface area contributed by atoms with Crippen molar-refractivity contribution in [2.24, 2.45) is 0 Å². The highest BCUT2D eigenvalue weighted by atomic mass is 79.9. The fraction of sp³-hybridized carbons (Fsp3) is 0.115. The van der Waals surface area contributed by atoms with Gasteiger partial charge < -0.3 is 14.8 Å². The van der Waals surface area contributed by atoms with Gasteiger partial charge in [-0.2, -0.15) is 10.5 Å². The smallest absolute Gasteiger partial charge is 0.266 e. The van der Waals surface area contributed by atoms with E-state index in [1.54, 1.807) is 54.6 Å². The highest BCUT2D eigenvalue weighted by Crippen LogP contribution is 2.28. The lowest BCUT2D eigenvalue weighted by atomic mass is 10.1. The highest BCUT2D eigenvalue weighted by Gasteiger charge is 2.11. The molecule has 0 heterocycles. The van der Waals surface area contributed by atoms with Crippen LogP contribution in [-0.2, 0) is 11.4 Å². The molecule has 0 saturated carbocycles. The van der Waals surface area contributed by atoms with Gasteiger partial charge in [-0.25, -0.2) is 0 Å². The Bertz CT molecular complexity index is 1270. The standard InChI is InChI=1S/C26H20BrN3O3/c1-2-32-23-9-5-8-22(14-23)30-26(31)21(16-29)12-18-10-11-25(24(27)13-18)33-17-20-7-4-3-6-19(20)15-28/h3-14H,2,17H2,1H3,(H,30,31)/b21-12+. The zero-order valence-corrected chi connectivity index (χ0v) is 19.4. The number of rotatable bonds is 8. The largest absolute Gasteiger partial charge is 0.494 e. The summed E-state index contributed by atoms with van der Waals surface area (Å²) in [4.78, 5) is 12.6. The second-order valence-electron chi connectivity index (χ2n) is 6.83. The molecule has 33 heavy (non-hydrogen) atoms. The third-order valence-corrected chi connectivity index (χ3v) is 5.18. The molecule has 0 aromatic heterocycles. The van der Waals surface area contributed by atoms with Gasteiger partial charge in [-0.3, -0.25) is 4.79 Å². The number of benzene rings is 3. The Hall–Kier alpha value is -4.07. The molecule has 3 aromatic rings. The lowest BCUT2D eigenvalue weighted by Crippen LogP contribution is -2.13. The van der Waals surface area contributed by atoms with Gasteiger partial charge in [-0.05, 0) is 64.8 Å². The van der Waals surface area contributed by atoms with E-state index in [2.05, 4.69) is 27.3 Å². The number of nitrogens with zero attached hydrogens (tertiary/aromatic N) is 2. The molecule has 6 nitrogen and oxygen atoms in total. The van der Waals surface area contributed by atoms with Crippen molar-refractivity contribution in [1.29, 1.82) is 10.5 Å². The van der Waals surface area contributed by atoms with E-state index >= 15 is 0 Å². The van der Waals surface area contributed by atoms with Crippen LogP contribution in [0.25, 0.3) is 6.08 Å². The van der Waals surface area contributed by atoms with Crippen molar-refractivity contribution in [3.8, 4) is 23.6 Å². The van der Waals surface area contributed by atoms with E-state index in [4.69, 9.17) is 9.47 Å². The maximum absolute atomic E-state index is 12.6. The first-order chi connectivity index (χ1) is 16.0. The minimum Gasteiger partial charge on any atom is -0.494 e. The van der Waals surface area contributed by atoms with E-state index < -0.39 is 5.91 Å². The van der Waals surface area contributed by atoms with Gasteiger partial charge in [0.2, 0.25) is 0 Å². The van der Waals surface area contributed by atoms with Crippen molar-refractivity contribution in [2.75, 3.05) is 11.9 Å². The second kappa shape index (κ2) is 11.5. The summed E-state index contributed by atoms with van der Waals surface area (Å²) in [5.41, 5.74) is 2.49. The van der Waals surface area contributed by atoms with Crippen LogP contribution in [-0.4, -0.2) is 12.5 Å². The van der Waals surface area contributed by atoms with Crippen molar-refractivity contribution in [1.82, 2.24) is 0 Å². The molecule has 7 heteroatoms. The van der Waals surface area contributed by atoms with Gasteiger partial charge in [0.1, 0.15) is 29.7 Å². The monoisotopic (exact) mass is 501 g/mol. The number of ether oxygens (including phenoxy) is 2. The van der Waals surface area contributed by atoms with E-state index in [1.165, 1.54) is 6.08 Å². The van der Waals surface area contributed by atoms with Crippen LogP contribution in [0, 0.1) is 22.7 Å². The molecule has 0 saturated heterocycles. The average Bonchev–Trinajstić information content (AvgIpc) is 2.82. The third-order valence-electron chi connectivity index (χ3n) is 4.56. The van der Waals surface area contributed by atoms with Gasteiger partial charge in [-0.15, -0.1) is 0 Å². The number of nitrogens with one attached hydrogen (secondary N) is 1. The minimum atomic E-state index is -0.518. The van der Waals surface area contributed by atoms with Crippen molar-refractivity contribution in [3.63, 3.8) is 0 Å². The molecule has 1 amide bonds. The Kier molecular flexibility index (Phi) is 8.24. The lowest BCUT2D eigenvalue weighted by molar-refractivity contribution is -0.112. The molecule has 0 bridgehead atoms. The van der Waals surface area contributed by atoms with E-state index in [9.17, 15) is 15.3 Å². The summed E-state index contributed by atoms with van der Waals surface area (Å²) in [5, 5.41) is 21.4. The van der Waals surface area contributed by atoms with Crippen LogP contribution >= 0.6 is 15.9 Å². The predicted octanol–water partition coefficient (Wildman–Crippen LogP) is 5.84. The zero-order chi connectivity index (χ0) is 23.6. The van der Waals surface area contributed by atoms with Gasteiger partial charge in [0.15, 0.2) is 0 Å². The number of hydrogen-bond acceptors (Lipinski definition) is 5. The van der Waals surface area contributed by atoms with Gasteiger partial charge in [0.05, 0.1) is 22.7 Å². The normalized spacial score (nSPS) is 10.6. The van der Waals surface area contributed by atoms with Crippen LogP contribution in [0.2, 0.25) is 0 Å². The predicted molar refractivity (Wildman–Crippen MR) is 129 cm³/mol. The Morgan fingerprint density at radius 2 is 1.88 bits per heavy atom. The van der Waals surface area contributed by atoms with Crippen LogP contribution in [0.4, 0.5) is 5.69 Å². The van der Waals surface area contributed by atoms with Crippen LogP contribution in [0.5, 0.6) is 11.5 Å². The lowest BCUT2D eigenvalue weighted by Gasteiger charge is -2.10. The first kappa shape index (κ1) is 23.6. The molecule has 0 atom stereocenters. The zero-order valence-electron chi connectivity index (χ0n) is 17.8. The van der Waals surface area contributed by atoms with Crippen molar-refractivity contribution in [2.45, 2.75) is 13.5 Å². The van der Waals surface area contributed by atoms with Gasteiger partial charge >= 0.3 is 0 Å². The Balaban J connectivity index is 1.71. The number of carbonyl (C=O) groups is 1. The average molecular weight is 502 g/mol. The van der Waals surface area contributed by atoms with Gasteiger partial charge in [-0.1, -0.05) is 30.3 Å². The van der Waals surface area contributed by atoms with Crippen molar-refractivity contribution >= 4 is 33.6 Å². The first-order valence-electron chi connectivity index (χ1n) is 10.1. The summed E-state index contributed by atoms with van der Waals surface area (Å²) >= 11 is 3.47. The van der Waals surface area contributed by atoms with E-state index in [0.717, 1.165) is 5.56 Å². The molecule has 3 aromatic carbocycles. The summed E-state index contributed by atoms with van der Waals surface area (Å²) in [6.45, 7) is 2.63. The van der Waals surface area contributed by atoms with Gasteiger partial charge in [0.25, 0.3) is 5.91 Å². The van der Waals surface area contributed by atoms with E-state index in [1.807, 2.05) is 25.1 Å². The number of hydrogen-bond donors (Lipinski definition) is 1. The van der Waals surface area contributed by atoms with Crippen LogP contribution in [0.1, 0.15) is 23.6 Å². The molecule has 0 aliphatic heterocycles. The van der Waals surface area contributed by atoms with Gasteiger partial charge in [0, 0.05) is 17.3 Å². The van der Waals surface area contributed by atoms with Crippen LogP contribution in [0.15, 0.2) is 76.8 Å². The van der Waals surface area contributed by atoms with Crippen LogP contribution < -0.4 is 14.8 Å². The molecule has 0 aliphatic rings. The molecule has 0 unspecified atom stereocenters. The van der Waals surface area contributed by atoms with Crippen molar-refractivity contribution in [3.05, 3.63) is 93.5 Å². The topological polar surface area (TPSA) is 95.1 Å². The summed E-state index contributed by atoms with van der Waals surface area (Å²) in [6, 6.07) is 23.5. The molecule has 0 spiro atoms. The third kappa shape index (κ3) is 6.46. The molecule has 0 radical (unpaired) electrons. The molecule has 0 fully saturated rings. The molecule has 1 N–H and O–H groups in total. The Morgan fingerprint density at radius 1 is 1.06 bits per heavy atom. The van der Waals surface area contributed by atoms with Crippen molar-refractivity contribution < 1.29 is 14.3 Å². The van der Waals surface area contributed by atoms with E-state index in [-0.39, 0.29) is 12.2 Å². The number of carbonyl (C=O) groups excluding carboxylic acids is 1. The summed E-state index contributed by atoms with van der Waals surface area (Å²) in [7, 11) is 0. The second-order valence-corrected chi connectivity index (χ2v) is 7.69. The Labute approximate surface area is 200 Å². The molecular weight excluding hydrogens is 482 g/mol. The number of halogens is 1. The number of anilines is 1. The fourth-order valence-electron chi connectivity index (χ4n) is 2.98. The summed E-state index contributed by atoms with van der Waals surface area (Å²) in [6.07, 6.45) is 1.50. The fourth-order valence-corrected chi connectivity index (χ4v) is 3.49. The maximum atomic E-state index is 12.6. The van der Waals surface area contributed by atoms with E-state index in [0.29, 0.717) is 39.4 Å². The quantitative estimate of drug-likeness (QED) is 0.308. The molecule has 3 rings (SSSR count). The summed E-state index contributed by atoms with van der Waals surface area (Å²) < 4.78 is 11.9. The highest BCUT2D eigenvalue weighted by molar-refractivity contribution is 9.10. The van der Waals surface area contributed by atoms with Crippen LogP contribution in [0.3, 0.4) is 0 Å². The SMILES string of the molecule is CCOc1cccc(NC(=O)/C(C#N)=C/c2ccc(OCc3ccccc3C#N)c(Br)c2)c1. The number of amides is 1. The minimum absolute atomic E-state index is 0.0414. The summed E-state index contributed by atoms with van der Waals surface area (Å²) in [5.74, 6) is 0.695. The maximum Gasteiger partial charge on any atom is 0.266 e. The first-order valence-corrected chi connectivity index (χ1v) is 10.9. The molecule has 0 aliphatic carbocycles. The molecular formula is C26H20BrN3O3. The molecule has 164 valence electrons. The Morgan fingerprint density at radius 3 is 2.61 bits per heavy atom.